The molecule has 0 amide bonds. The maximum Gasteiger partial charge on any atom is 0.0835 e. The molecule has 3 atom stereocenters. The number of hydrogen-bond donors (Lipinski definition) is 1. The standard InChI is InChI=1S/C16H29N3O/c1-4-20-16(9-5-6-13(2)10-16)15(17)8-7-14-11-18-19(3)12-14/h11-13,15H,4-10,17H2,1-3H3. The van der Waals surface area contributed by atoms with Crippen molar-refractivity contribution in [1.82, 2.24) is 9.78 Å². The Bertz CT molecular complexity index is 414. The second kappa shape index (κ2) is 6.72. The van der Waals surface area contributed by atoms with Gasteiger partial charge in [0.05, 0.1) is 11.8 Å². The first-order chi connectivity index (χ1) is 9.55. The Balaban J connectivity index is 1.97. The Morgan fingerprint density at radius 3 is 3.00 bits per heavy atom. The Morgan fingerprint density at radius 1 is 1.60 bits per heavy atom. The number of hydrogen-bond acceptors (Lipinski definition) is 3. The number of nitrogens with two attached hydrogens (primary N) is 1. The summed E-state index contributed by atoms with van der Waals surface area (Å²) in [7, 11) is 1.95. The van der Waals surface area contributed by atoms with E-state index in [1.807, 2.05) is 17.9 Å². The Labute approximate surface area is 122 Å². The van der Waals surface area contributed by atoms with Crippen LogP contribution in [0.25, 0.3) is 0 Å². The molecule has 1 aliphatic rings. The normalized spacial score (nSPS) is 28.5. The third-order valence-electron chi connectivity index (χ3n) is 4.60. The van der Waals surface area contributed by atoms with Crippen molar-refractivity contribution < 1.29 is 4.74 Å². The molecule has 0 saturated heterocycles. The van der Waals surface area contributed by atoms with Gasteiger partial charge in [-0.1, -0.05) is 19.8 Å². The average Bonchev–Trinajstić information content (AvgIpc) is 2.82. The van der Waals surface area contributed by atoms with Gasteiger partial charge in [0.15, 0.2) is 0 Å². The molecule has 1 fully saturated rings. The van der Waals surface area contributed by atoms with Crippen molar-refractivity contribution in [2.24, 2.45) is 18.7 Å². The van der Waals surface area contributed by atoms with Gasteiger partial charge < -0.3 is 10.5 Å². The molecule has 0 bridgehead atoms. The van der Waals surface area contributed by atoms with E-state index in [0.717, 1.165) is 38.2 Å². The minimum atomic E-state index is -0.103. The van der Waals surface area contributed by atoms with Gasteiger partial charge >= 0.3 is 0 Å². The Hall–Kier alpha value is -0.870. The van der Waals surface area contributed by atoms with E-state index in [1.165, 1.54) is 18.4 Å². The summed E-state index contributed by atoms with van der Waals surface area (Å²) in [5.74, 6) is 0.722. The van der Waals surface area contributed by atoms with Crippen molar-refractivity contribution in [2.75, 3.05) is 6.61 Å². The van der Waals surface area contributed by atoms with E-state index in [-0.39, 0.29) is 11.6 Å². The van der Waals surface area contributed by atoms with Crippen LogP contribution in [-0.4, -0.2) is 28.0 Å². The third kappa shape index (κ3) is 3.61. The van der Waals surface area contributed by atoms with Gasteiger partial charge in [-0.3, -0.25) is 4.68 Å². The number of rotatable bonds is 6. The van der Waals surface area contributed by atoms with E-state index >= 15 is 0 Å². The van der Waals surface area contributed by atoms with Crippen molar-refractivity contribution in [3.63, 3.8) is 0 Å². The second-order valence-corrected chi connectivity index (χ2v) is 6.37. The molecule has 1 aromatic heterocycles. The van der Waals surface area contributed by atoms with Crippen LogP contribution in [0.1, 0.15) is 51.5 Å². The molecule has 2 rings (SSSR count). The minimum absolute atomic E-state index is 0.103. The predicted octanol–water partition coefficient (Wildman–Crippen LogP) is 2.67. The molecule has 4 heteroatoms. The SMILES string of the molecule is CCOC1(C(N)CCc2cnn(C)c2)CCCC(C)C1. The molecule has 3 unspecified atom stereocenters. The third-order valence-corrected chi connectivity index (χ3v) is 4.60. The molecule has 0 aliphatic heterocycles. The van der Waals surface area contributed by atoms with E-state index in [4.69, 9.17) is 10.5 Å². The lowest BCUT2D eigenvalue weighted by Crippen LogP contribution is -2.53. The zero-order valence-corrected chi connectivity index (χ0v) is 13.1. The van der Waals surface area contributed by atoms with Crippen molar-refractivity contribution in [3.8, 4) is 0 Å². The van der Waals surface area contributed by atoms with Gasteiger partial charge in [0.1, 0.15) is 0 Å². The highest BCUT2D eigenvalue weighted by Gasteiger charge is 2.40. The number of nitrogens with zero attached hydrogens (tertiary/aromatic N) is 2. The fourth-order valence-electron chi connectivity index (χ4n) is 3.59. The van der Waals surface area contributed by atoms with E-state index in [0.29, 0.717) is 0 Å². The fourth-order valence-corrected chi connectivity index (χ4v) is 3.59. The van der Waals surface area contributed by atoms with Gasteiger partial charge in [0, 0.05) is 25.9 Å². The summed E-state index contributed by atoms with van der Waals surface area (Å²) >= 11 is 0. The lowest BCUT2D eigenvalue weighted by molar-refractivity contribution is -0.0939. The van der Waals surface area contributed by atoms with Crippen LogP contribution in [0.2, 0.25) is 0 Å². The van der Waals surface area contributed by atoms with E-state index in [9.17, 15) is 0 Å². The number of aryl methyl sites for hydroxylation is 2. The van der Waals surface area contributed by atoms with Crippen molar-refractivity contribution >= 4 is 0 Å². The first kappa shape index (κ1) is 15.5. The molecule has 1 aromatic rings. The summed E-state index contributed by atoms with van der Waals surface area (Å²) in [6.45, 7) is 5.16. The molecule has 2 N–H and O–H groups in total. The van der Waals surface area contributed by atoms with Crippen LogP contribution < -0.4 is 5.73 Å². The molecule has 0 spiro atoms. The van der Waals surface area contributed by atoms with Gasteiger partial charge in [0.25, 0.3) is 0 Å². The smallest absolute Gasteiger partial charge is 0.0835 e. The highest BCUT2D eigenvalue weighted by atomic mass is 16.5. The molecule has 4 nitrogen and oxygen atoms in total. The molecule has 1 saturated carbocycles. The van der Waals surface area contributed by atoms with Crippen LogP contribution in [0.5, 0.6) is 0 Å². The van der Waals surface area contributed by atoms with Gasteiger partial charge in [-0.2, -0.15) is 5.10 Å². The van der Waals surface area contributed by atoms with Crippen LogP contribution in [0.15, 0.2) is 12.4 Å². The zero-order valence-electron chi connectivity index (χ0n) is 13.1. The van der Waals surface area contributed by atoms with Crippen molar-refractivity contribution in [2.45, 2.75) is 64.0 Å². The zero-order chi connectivity index (χ0) is 14.6. The summed E-state index contributed by atoms with van der Waals surface area (Å²) in [6, 6.07) is 0.116. The Morgan fingerprint density at radius 2 is 2.40 bits per heavy atom. The highest BCUT2D eigenvalue weighted by molar-refractivity contribution is 5.05. The quantitative estimate of drug-likeness (QED) is 0.871. The predicted molar refractivity (Wildman–Crippen MR) is 81.5 cm³/mol. The first-order valence-corrected chi connectivity index (χ1v) is 7.93. The van der Waals surface area contributed by atoms with Crippen LogP contribution in [0, 0.1) is 5.92 Å². The highest BCUT2D eigenvalue weighted by Crippen LogP contribution is 2.38. The van der Waals surface area contributed by atoms with E-state index in [2.05, 4.69) is 25.1 Å². The molecule has 20 heavy (non-hydrogen) atoms. The largest absolute Gasteiger partial charge is 0.374 e. The number of ether oxygens (including phenoxy) is 1. The second-order valence-electron chi connectivity index (χ2n) is 6.37. The van der Waals surface area contributed by atoms with Crippen LogP contribution in [-0.2, 0) is 18.2 Å². The Kier molecular flexibility index (Phi) is 5.22. The van der Waals surface area contributed by atoms with E-state index < -0.39 is 0 Å². The molecular formula is C16H29N3O. The van der Waals surface area contributed by atoms with Gasteiger partial charge in [-0.15, -0.1) is 0 Å². The summed E-state index contributed by atoms with van der Waals surface area (Å²) in [5.41, 5.74) is 7.69. The lowest BCUT2D eigenvalue weighted by Gasteiger charge is -2.44. The summed E-state index contributed by atoms with van der Waals surface area (Å²) in [4.78, 5) is 0. The number of aromatic nitrogens is 2. The van der Waals surface area contributed by atoms with Crippen LogP contribution in [0.4, 0.5) is 0 Å². The van der Waals surface area contributed by atoms with Gasteiger partial charge in [-0.25, -0.2) is 0 Å². The summed E-state index contributed by atoms with van der Waals surface area (Å²) < 4.78 is 8.00. The van der Waals surface area contributed by atoms with Crippen molar-refractivity contribution in [1.29, 1.82) is 0 Å². The molecule has 0 radical (unpaired) electrons. The molecular weight excluding hydrogens is 250 g/mol. The maximum absolute atomic E-state index is 6.53. The average molecular weight is 279 g/mol. The van der Waals surface area contributed by atoms with Crippen LogP contribution in [0.3, 0.4) is 0 Å². The first-order valence-electron chi connectivity index (χ1n) is 7.93. The van der Waals surface area contributed by atoms with Gasteiger partial charge in [-0.05, 0) is 44.1 Å². The molecule has 1 aliphatic carbocycles. The molecule has 0 aromatic carbocycles. The monoisotopic (exact) mass is 279 g/mol. The summed E-state index contributed by atoms with van der Waals surface area (Å²) in [5, 5.41) is 4.22. The minimum Gasteiger partial charge on any atom is -0.374 e. The van der Waals surface area contributed by atoms with Crippen molar-refractivity contribution in [3.05, 3.63) is 18.0 Å². The lowest BCUT2D eigenvalue weighted by atomic mass is 9.73. The van der Waals surface area contributed by atoms with Crippen LogP contribution >= 0.6 is 0 Å². The topological polar surface area (TPSA) is 53.1 Å². The molecule has 114 valence electrons. The summed E-state index contributed by atoms with van der Waals surface area (Å²) in [6.07, 6.45) is 10.7. The molecule has 1 heterocycles. The van der Waals surface area contributed by atoms with Gasteiger partial charge in [0.2, 0.25) is 0 Å². The van der Waals surface area contributed by atoms with E-state index in [1.54, 1.807) is 0 Å². The fraction of sp³-hybridized carbons (Fsp3) is 0.812. The maximum atomic E-state index is 6.53.